The Balaban J connectivity index is 2.35. The molecule has 3 unspecified atom stereocenters. The van der Waals surface area contributed by atoms with Crippen molar-refractivity contribution in [1.82, 2.24) is 0 Å². The Kier molecular flexibility index (Phi) is 3.57. The van der Waals surface area contributed by atoms with E-state index in [4.69, 9.17) is 0 Å². The minimum atomic E-state index is -0.00116. The topological polar surface area (TPSA) is 20.2 Å². The predicted molar refractivity (Wildman–Crippen MR) is 52.0 cm³/mol. The van der Waals surface area contributed by atoms with Crippen molar-refractivity contribution in [3.63, 3.8) is 0 Å². The molecule has 1 rings (SSSR count). The molecule has 1 heteroatoms. The van der Waals surface area contributed by atoms with Crippen molar-refractivity contribution in [2.75, 3.05) is 0 Å². The van der Waals surface area contributed by atoms with Crippen LogP contribution in [0.1, 0.15) is 46.5 Å². The first kappa shape index (κ1) is 10.0. The highest BCUT2D eigenvalue weighted by atomic mass is 16.3. The largest absolute Gasteiger partial charge is 0.393 e. The van der Waals surface area contributed by atoms with Crippen LogP contribution in [0, 0.1) is 17.8 Å². The van der Waals surface area contributed by atoms with E-state index in [1.807, 2.05) is 0 Å². The van der Waals surface area contributed by atoms with Crippen LogP contribution >= 0.6 is 0 Å². The monoisotopic (exact) mass is 170 g/mol. The summed E-state index contributed by atoms with van der Waals surface area (Å²) in [6.07, 6.45) is 4.77. The lowest BCUT2D eigenvalue weighted by Crippen LogP contribution is -2.21. The molecule has 1 nitrogen and oxygen atoms in total. The van der Waals surface area contributed by atoms with Crippen LogP contribution < -0.4 is 0 Å². The molecule has 0 radical (unpaired) electrons. The maximum Gasteiger partial charge on any atom is 0.0570 e. The van der Waals surface area contributed by atoms with Crippen molar-refractivity contribution in [1.29, 1.82) is 0 Å². The van der Waals surface area contributed by atoms with E-state index < -0.39 is 0 Å². The van der Waals surface area contributed by atoms with Gasteiger partial charge in [0.2, 0.25) is 0 Å². The molecule has 0 aliphatic heterocycles. The maximum atomic E-state index is 9.67. The Morgan fingerprint density at radius 2 is 1.92 bits per heavy atom. The summed E-state index contributed by atoms with van der Waals surface area (Å²) < 4.78 is 0. The molecule has 12 heavy (non-hydrogen) atoms. The normalized spacial score (nSPS) is 32.8. The second-order valence-corrected chi connectivity index (χ2v) is 4.77. The molecule has 72 valence electrons. The predicted octanol–water partition coefficient (Wildman–Crippen LogP) is 2.83. The first-order chi connectivity index (χ1) is 5.61. The van der Waals surface area contributed by atoms with Gasteiger partial charge in [0.15, 0.2) is 0 Å². The molecule has 0 spiro atoms. The molecule has 0 amide bonds. The van der Waals surface area contributed by atoms with Gasteiger partial charge in [-0.1, -0.05) is 27.2 Å². The van der Waals surface area contributed by atoms with Crippen LogP contribution in [0.15, 0.2) is 0 Å². The van der Waals surface area contributed by atoms with Gasteiger partial charge in [0.25, 0.3) is 0 Å². The van der Waals surface area contributed by atoms with E-state index in [1.54, 1.807) is 0 Å². The average Bonchev–Trinajstić information content (AvgIpc) is 2.33. The summed E-state index contributed by atoms with van der Waals surface area (Å²) in [6.45, 7) is 6.81. The standard InChI is InChI=1S/C11H22O/c1-8(2)7-9(3)10-5-4-6-11(10)12/h8-12H,4-7H2,1-3H3. The van der Waals surface area contributed by atoms with Crippen LogP contribution in [0.2, 0.25) is 0 Å². The Bertz CT molecular complexity index is 131. The van der Waals surface area contributed by atoms with Gasteiger partial charge in [-0.2, -0.15) is 0 Å². The Morgan fingerprint density at radius 1 is 1.25 bits per heavy atom. The molecule has 0 heterocycles. The van der Waals surface area contributed by atoms with E-state index in [2.05, 4.69) is 20.8 Å². The molecule has 0 saturated heterocycles. The smallest absolute Gasteiger partial charge is 0.0570 e. The SMILES string of the molecule is CC(C)CC(C)C1CCCC1O. The molecule has 1 aliphatic rings. The van der Waals surface area contributed by atoms with Crippen molar-refractivity contribution in [2.24, 2.45) is 17.8 Å². The van der Waals surface area contributed by atoms with Crippen molar-refractivity contribution >= 4 is 0 Å². The van der Waals surface area contributed by atoms with Crippen LogP contribution in [-0.4, -0.2) is 11.2 Å². The molecule has 1 saturated carbocycles. The highest BCUT2D eigenvalue weighted by molar-refractivity contribution is 4.80. The summed E-state index contributed by atoms with van der Waals surface area (Å²) in [6, 6.07) is 0. The van der Waals surface area contributed by atoms with Crippen molar-refractivity contribution in [3.8, 4) is 0 Å². The Labute approximate surface area is 76.2 Å². The molecule has 1 fully saturated rings. The lowest BCUT2D eigenvalue weighted by Gasteiger charge is -2.23. The summed E-state index contributed by atoms with van der Waals surface area (Å²) in [5.41, 5.74) is 0. The molecule has 0 aromatic carbocycles. The highest BCUT2D eigenvalue weighted by Gasteiger charge is 2.29. The number of aliphatic hydroxyl groups is 1. The summed E-state index contributed by atoms with van der Waals surface area (Å²) in [5.74, 6) is 2.07. The van der Waals surface area contributed by atoms with Gasteiger partial charge in [-0.25, -0.2) is 0 Å². The van der Waals surface area contributed by atoms with Gasteiger partial charge in [0, 0.05) is 0 Å². The number of aliphatic hydroxyl groups excluding tert-OH is 1. The van der Waals surface area contributed by atoms with E-state index in [9.17, 15) is 5.11 Å². The van der Waals surface area contributed by atoms with Crippen molar-refractivity contribution in [2.45, 2.75) is 52.6 Å². The lowest BCUT2D eigenvalue weighted by atomic mass is 9.85. The first-order valence-corrected chi connectivity index (χ1v) is 5.29. The fourth-order valence-corrected chi connectivity index (χ4v) is 2.55. The Hall–Kier alpha value is -0.0400. The zero-order chi connectivity index (χ0) is 9.14. The average molecular weight is 170 g/mol. The molecule has 1 N–H and O–H groups in total. The third-order valence-electron chi connectivity index (χ3n) is 3.11. The van der Waals surface area contributed by atoms with Crippen LogP contribution in [0.4, 0.5) is 0 Å². The van der Waals surface area contributed by atoms with Crippen molar-refractivity contribution < 1.29 is 5.11 Å². The third kappa shape index (κ3) is 2.48. The van der Waals surface area contributed by atoms with E-state index in [0.29, 0.717) is 11.8 Å². The van der Waals surface area contributed by atoms with Crippen LogP contribution in [-0.2, 0) is 0 Å². The summed E-state index contributed by atoms with van der Waals surface area (Å²) in [5, 5.41) is 9.67. The highest BCUT2D eigenvalue weighted by Crippen LogP contribution is 2.34. The van der Waals surface area contributed by atoms with Gasteiger partial charge in [-0.3, -0.25) is 0 Å². The number of rotatable bonds is 3. The van der Waals surface area contributed by atoms with Crippen LogP contribution in [0.25, 0.3) is 0 Å². The van der Waals surface area contributed by atoms with E-state index in [1.165, 1.54) is 19.3 Å². The lowest BCUT2D eigenvalue weighted by molar-refractivity contribution is 0.0960. The zero-order valence-electron chi connectivity index (χ0n) is 8.59. The molecule has 1 aliphatic carbocycles. The minimum absolute atomic E-state index is 0.00116. The second-order valence-electron chi connectivity index (χ2n) is 4.77. The molecule has 0 aromatic rings. The number of hydrogen-bond acceptors (Lipinski definition) is 1. The fourth-order valence-electron chi connectivity index (χ4n) is 2.55. The van der Waals surface area contributed by atoms with Crippen LogP contribution in [0.5, 0.6) is 0 Å². The molecule has 0 aromatic heterocycles. The van der Waals surface area contributed by atoms with Gasteiger partial charge < -0.3 is 5.11 Å². The Morgan fingerprint density at radius 3 is 2.33 bits per heavy atom. The number of hydrogen-bond donors (Lipinski definition) is 1. The van der Waals surface area contributed by atoms with Gasteiger partial charge >= 0.3 is 0 Å². The van der Waals surface area contributed by atoms with Gasteiger partial charge in [-0.05, 0) is 37.0 Å². The molecular weight excluding hydrogens is 148 g/mol. The molecule has 3 atom stereocenters. The zero-order valence-corrected chi connectivity index (χ0v) is 8.59. The van der Waals surface area contributed by atoms with E-state index >= 15 is 0 Å². The van der Waals surface area contributed by atoms with Crippen LogP contribution in [0.3, 0.4) is 0 Å². The molecule has 0 bridgehead atoms. The second kappa shape index (κ2) is 4.27. The summed E-state index contributed by atoms with van der Waals surface area (Å²) >= 11 is 0. The maximum absolute atomic E-state index is 9.67. The summed E-state index contributed by atoms with van der Waals surface area (Å²) in [7, 11) is 0. The minimum Gasteiger partial charge on any atom is -0.393 e. The van der Waals surface area contributed by atoms with Gasteiger partial charge in [0.05, 0.1) is 6.10 Å². The van der Waals surface area contributed by atoms with E-state index in [-0.39, 0.29) is 6.10 Å². The van der Waals surface area contributed by atoms with Crippen molar-refractivity contribution in [3.05, 3.63) is 0 Å². The molecular formula is C11H22O. The third-order valence-corrected chi connectivity index (χ3v) is 3.11. The first-order valence-electron chi connectivity index (χ1n) is 5.29. The fraction of sp³-hybridized carbons (Fsp3) is 1.00. The quantitative estimate of drug-likeness (QED) is 0.690. The van der Waals surface area contributed by atoms with Gasteiger partial charge in [-0.15, -0.1) is 0 Å². The summed E-state index contributed by atoms with van der Waals surface area (Å²) in [4.78, 5) is 0. The van der Waals surface area contributed by atoms with Gasteiger partial charge in [0.1, 0.15) is 0 Å². The van der Waals surface area contributed by atoms with E-state index in [0.717, 1.165) is 12.3 Å².